The molecular formula is C22H29ClIN5O. The number of carbonyl (C=O) groups is 1. The third-order valence-electron chi connectivity index (χ3n) is 5.03. The fraction of sp³-hybridized carbons (Fsp3) is 0.364. The lowest BCUT2D eigenvalue weighted by Gasteiger charge is -2.36. The number of amides is 1. The molecule has 0 bridgehead atoms. The summed E-state index contributed by atoms with van der Waals surface area (Å²) in [6, 6.07) is 18.1. The zero-order chi connectivity index (χ0) is 20.5. The highest BCUT2D eigenvalue weighted by Crippen LogP contribution is 2.16. The van der Waals surface area contributed by atoms with Gasteiger partial charge in [0.15, 0.2) is 5.96 Å². The molecule has 2 N–H and O–H groups in total. The van der Waals surface area contributed by atoms with Crippen LogP contribution in [0.4, 0.5) is 5.69 Å². The molecule has 2 aromatic carbocycles. The Balaban J connectivity index is 0.00000320. The van der Waals surface area contributed by atoms with Gasteiger partial charge in [0.25, 0.3) is 0 Å². The maximum Gasteiger partial charge on any atom is 0.242 e. The molecule has 30 heavy (non-hydrogen) atoms. The predicted molar refractivity (Wildman–Crippen MR) is 135 cm³/mol. The summed E-state index contributed by atoms with van der Waals surface area (Å²) in [4.78, 5) is 21.0. The molecule has 0 aromatic heterocycles. The molecule has 1 aliphatic rings. The molecule has 8 heteroatoms. The number of nitrogens with zero attached hydrogens (tertiary/aromatic N) is 3. The van der Waals surface area contributed by atoms with E-state index in [1.165, 1.54) is 5.69 Å². The van der Waals surface area contributed by atoms with Gasteiger partial charge >= 0.3 is 0 Å². The van der Waals surface area contributed by atoms with Crippen LogP contribution >= 0.6 is 35.6 Å². The molecule has 2 aromatic rings. The van der Waals surface area contributed by atoms with Gasteiger partial charge in [0.2, 0.25) is 5.91 Å². The molecule has 1 fully saturated rings. The summed E-state index contributed by atoms with van der Waals surface area (Å²) in [7, 11) is 1.70. The zero-order valence-electron chi connectivity index (χ0n) is 17.2. The lowest BCUT2D eigenvalue weighted by atomic mass is 10.1. The second-order valence-electron chi connectivity index (χ2n) is 6.90. The molecule has 3 rings (SSSR count). The molecule has 0 spiro atoms. The fourth-order valence-electron chi connectivity index (χ4n) is 3.36. The van der Waals surface area contributed by atoms with Crippen molar-refractivity contribution in [3.63, 3.8) is 0 Å². The second kappa shape index (κ2) is 12.6. The number of anilines is 1. The predicted octanol–water partition coefficient (Wildman–Crippen LogP) is 3.01. The van der Waals surface area contributed by atoms with Gasteiger partial charge in [-0.15, -0.1) is 24.0 Å². The normalized spacial score (nSPS) is 14.1. The van der Waals surface area contributed by atoms with Crippen molar-refractivity contribution in [1.29, 1.82) is 0 Å². The molecule has 1 heterocycles. The van der Waals surface area contributed by atoms with E-state index in [0.29, 0.717) is 12.5 Å². The van der Waals surface area contributed by atoms with Gasteiger partial charge < -0.3 is 20.4 Å². The minimum atomic E-state index is 0. The number of carbonyl (C=O) groups excluding carboxylic acids is 1. The maximum atomic E-state index is 12.5. The molecule has 6 nitrogen and oxygen atoms in total. The number of nitrogens with one attached hydrogen (secondary N) is 2. The van der Waals surface area contributed by atoms with E-state index >= 15 is 0 Å². The van der Waals surface area contributed by atoms with Crippen LogP contribution in [0, 0.1) is 0 Å². The van der Waals surface area contributed by atoms with E-state index in [9.17, 15) is 4.79 Å². The van der Waals surface area contributed by atoms with E-state index in [0.717, 1.165) is 43.2 Å². The quantitative estimate of drug-likeness (QED) is 0.335. The highest BCUT2D eigenvalue weighted by Gasteiger charge is 2.21. The van der Waals surface area contributed by atoms with Gasteiger partial charge in [-0.1, -0.05) is 48.0 Å². The highest BCUT2D eigenvalue weighted by atomic mass is 127. The van der Waals surface area contributed by atoms with Crippen LogP contribution in [-0.4, -0.2) is 63.1 Å². The van der Waals surface area contributed by atoms with Gasteiger partial charge in [-0.05, 0) is 30.2 Å². The molecule has 1 amide bonds. The fourth-order valence-corrected chi connectivity index (χ4v) is 3.59. The Hall–Kier alpha value is -2.00. The van der Waals surface area contributed by atoms with Crippen molar-refractivity contribution < 1.29 is 4.79 Å². The SMILES string of the molecule is CN=C(NCCc1ccccc1Cl)NCC(=O)N1CCN(c2ccccc2)CC1.I. The van der Waals surface area contributed by atoms with Crippen molar-refractivity contribution in [3.8, 4) is 0 Å². The topological polar surface area (TPSA) is 60.0 Å². The molecule has 0 saturated carbocycles. The summed E-state index contributed by atoms with van der Waals surface area (Å²) < 4.78 is 0. The minimum absolute atomic E-state index is 0. The summed E-state index contributed by atoms with van der Waals surface area (Å²) in [6.07, 6.45) is 0.787. The molecular weight excluding hydrogens is 513 g/mol. The Morgan fingerprint density at radius 2 is 1.67 bits per heavy atom. The van der Waals surface area contributed by atoms with Crippen LogP contribution in [0.5, 0.6) is 0 Å². The number of rotatable bonds is 6. The number of hydrogen-bond donors (Lipinski definition) is 2. The summed E-state index contributed by atoms with van der Waals surface area (Å²) in [6.45, 7) is 4.08. The lowest BCUT2D eigenvalue weighted by molar-refractivity contribution is -0.130. The van der Waals surface area contributed by atoms with Crippen molar-refractivity contribution in [2.75, 3.05) is 51.2 Å². The first-order valence-electron chi connectivity index (χ1n) is 9.93. The van der Waals surface area contributed by atoms with Crippen molar-refractivity contribution in [2.45, 2.75) is 6.42 Å². The third kappa shape index (κ3) is 7.05. The monoisotopic (exact) mass is 541 g/mol. The molecule has 0 unspecified atom stereocenters. The van der Waals surface area contributed by atoms with Crippen molar-refractivity contribution in [3.05, 3.63) is 65.2 Å². The number of hydrogen-bond acceptors (Lipinski definition) is 3. The van der Waals surface area contributed by atoms with E-state index in [1.807, 2.05) is 47.4 Å². The van der Waals surface area contributed by atoms with E-state index in [4.69, 9.17) is 11.6 Å². The highest BCUT2D eigenvalue weighted by molar-refractivity contribution is 14.0. The Bertz CT molecular complexity index is 825. The van der Waals surface area contributed by atoms with Crippen LogP contribution in [0.2, 0.25) is 5.02 Å². The minimum Gasteiger partial charge on any atom is -0.368 e. The van der Waals surface area contributed by atoms with E-state index in [2.05, 4.69) is 32.7 Å². The summed E-state index contributed by atoms with van der Waals surface area (Å²) in [5, 5.41) is 7.11. The Morgan fingerprint density at radius 1 is 1.00 bits per heavy atom. The number of para-hydroxylation sites is 1. The van der Waals surface area contributed by atoms with E-state index in [1.54, 1.807) is 7.05 Å². The average Bonchev–Trinajstić information content (AvgIpc) is 2.78. The Morgan fingerprint density at radius 3 is 2.33 bits per heavy atom. The molecule has 162 valence electrons. The summed E-state index contributed by atoms with van der Waals surface area (Å²) in [5.74, 6) is 0.708. The first kappa shape index (κ1) is 24.3. The average molecular weight is 542 g/mol. The maximum absolute atomic E-state index is 12.5. The van der Waals surface area contributed by atoms with Crippen molar-refractivity contribution in [1.82, 2.24) is 15.5 Å². The van der Waals surface area contributed by atoms with Crippen molar-refractivity contribution >= 4 is 53.1 Å². The smallest absolute Gasteiger partial charge is 0.242 e. The Kier molecular flexibility index (Phi) is 10.2. The number of halogens is 2. The van der Waals surface area contributed by atoms with Crippen LogP contribution in [0.1, 0.15) is 5.56 Å². The number of benzene rings is 2. The van der Waals surface area contributed by atoms with Gasteiger partial charge in [-0.2, -0.15) is 0 Å². The van der Waals surface area contributed by atoms with E-state index in [-0.39, 0.29) is 36.4 Å². The number of guanidine groups is 1. The largest absolute Gasteiger partial charge is 0.368 e. The van der Waals surface area contributed by atoms with Gasteiger partial charge in [-0.3, -0.25) is 9.79 Å². The molecule has 1 aliphatic heterocycles. The molecule has 1 saturated heterocycles. The number of piperazine rings is 1. The summed E-state index contributed by atoms with van der Waals surface area (Å²) >= 11 is 6.18. The van der Waals surface area contributed by atoms with Crippen LogP contribution in [0.25, 0.3) is 0 Å². The first-order valence-corrected chi connectivity index (χ1v) is 10.3. The molecule has 0 aliphatic carbocycles. The number of aliphatic imine (C=N–C) groups is 1. The van der Waals surface area contributed by atoms with Gasteiger partial charge in [0, 0.05) is 50.5 Å². The van der Waals surface area contributed by atoms with Gasteiger partial charge in [0.05, 0.1) is 6.54 Å². The molecule has 0 radical (unpaired) electrons. The van der Waals surface area contributed by atoms with Crippen molar-refractivity contribution in [2.24, 2.45) is 4.99 Å². The first-order chi connectivity index (χ1) is 14.2. The van der Waals surface area contributed by atoms with Crippen LogP contribution in [-0.2, 0) is 11.2 Å². The lowest BCUT2D eigenvalue weighted by Crippen LogP contribution is -2.52. The van der Waals surface area contributed by atoms with Gasteiger partial charge in [0.1, 0.15) is 0 Å². The van der Waals surface area contributed by atoms with Crippen LogP contribution in [0.3, 0.4) is 0 Å². The van der Waals surface area contributed by atoms with Crippen LogP contribution < -0.4 is 15.5 Å². The zero-order valence-corrected chi connectivity index (χ0v) is 20.3. The van der Waals surface area contributed by atoms with Crippen LogP contribution in [0.15, 0.2) is 59.6 Å². The van der Waals surface area contributed by atoms with E-state index < -0.39 is 0 Å². The molecule has 0 atom stereocenters. The van der Waals surface area contributed by atoms with Gasteiger partial charge in [-0.25, -0.2) is 0 Å². The second-order valence-corrected chi connectivity index (χ2v) is 7.30. The summed E-state index contributed by atoms with van der Waals surface area (Å²) in [5.41, 5.74) is 2.30. The standard InChI is InChI=1S/C22H28ClN5O.HI/c1-24-22(25-12-11-18-7-5-6-10-20(18)23)26-17-21(29)28-15-13-27(14-16-28)19-8-3-2-4-9-19;/h2-10H,11-17H2,1H3,(H2,24,25,26);1H. The third-order valence-corrected chi connectivity index (χ3v) is 5.40. The Labute approximate surface area is 200 Å².